The molecular weight excluding hydrogens is 414 g/mol. The van der Waals surface area contributed by atoms with Crippen LogP contribution in [0.25, 0.3) is 5.69 Å². The molecule has 1 saturated heterocycles. The summed E-state index contributed by atoms with van der Waals surface area (Å²) in [6, 6.07) is 18.9. The first-order valence-electron chi connectivity index (χ1n) is 11.4. The van der Waals surface area contributed by atoms with Gasteiger partial charge < -0.3 is 15.0 Å². The smallest absolute Gasteiger partial charge is 0.274 e. The quantitative estimate of drug-likeness (QED) is 0.596. The number of methoxy groups -OCH3 is 1. The minimum atomic E-state index is -0.314. The molecule has 1 aromatic heterocycles. The van der Waals surface area contributed by atoms with Gasteiger partial charge in [-0.3, -0.25) is 4.79 Å². The van der Waals surface area contributed by atoms with Gasteiger partial charge >= 0.3 is 0 Å². The number of carbonyl (C=O) groups is 1. The molecule has 0 spiro atoms. The highest BCUT2D eigenvalue weighted by Crippen LogP contribution is 2.49. The van der Waals surface area contributed by atoms with E-state index in [9.17, 15) is 10.1 Å². The first kappa shape index (κ1) is 21.2. The Labute approximate surface area is 193 Å². The van der Waals surface area contributed by atoms with Crippen LogP contribution in [0.4, 0.5) is 5.69 Å². The SMILES string of the molecule is COc1ccc(-n2nc(C#N)cc2C(=O)Nc2ccc(C3(CN4CCCC4)CC3)cc2)cc1. The molecule has 1 aliphatic heterocycles. The van der Waals surface area contributed by atoms with E-state index in [1.54, 1.807) is 31.4 Å². The molecule has 168 valence electrons. The van der Waals surface area contributed by atoms with E-state index in [0.29, 0.717) is 17.1 Å². The van der Waals surface area contributed by atoms with Gasteiger partial charge in [0.15, 0.2) is 5.69 Å². The molecule has 7 nitrogen and oxygen atoms in total. The number of nitrogens with one attached hydrogen (secondary N) is 1. The maximum atomic E-state index is 13.1. The maximum Gasteiger partial charge on any atom is 0.274 e. The van der Waals surface area contributed by atoms with Crippen LogP contribution in [0.1, 0.15) is 47.4 Å². The van der Waals surface area contributed by atoms with Crippen LogP contribution >= 0.6 is 0 Å². The number of rotatable bonds is 7. The van der Waals surface area contributed by atoms with Gasteiger partial charge in [0.05, 0.1) is 12.8 Å². The highest BCUT2D eigenvalue weighted by Gasteiger charge is 2.45. The number of nitriles is 1. The molecule has 7 heteroatoms. The Morgan fingerprint density at radius 3 is 2.42 bits per heavy atom. The predicted octanol–water partition coefficient (Wildman–Crippen LogP) is 4.13. The molecule has 1 N–H and O–H groups in total. The number of anilines is 1. The third kappa shape index (κ3) is 4.35. The number of amides is 1. The second-order valence-corrected chi connectivity index (χ2v) is 8.93. The molecule has 2 heterocycles. The molecule has 1 aliphatic carbocycles. The lowest BCUT2D eigenvalue weighted by Gasteiger charge is -2.23. The minimum Gasteiger partial charge on any atom is -0.497 e. The number of benzene rings is 2. The van der Waals surface area contributed by atoms with Gasteiger partial charge in [-0.25, -0.2) is 4.68 Å². The van der Waals surface area contributed by atoms with Crippen molar-refractivity contribution >= 4 is 11.6 Å². The van der Waals surface area contributed by atoms with E-state index >= 15 is 0 Å². The zero-order valence-electron chi connectivity index (χ0n) is 18.8. The standard InChI is InChI=1S/C26H27N5O2/c1-33-23-10-8-22(9-11-23)31-24(16-21(17-27)29-31)25(32)28-20-6-4-19(5-7-20)26(12-13-26)18-30-14-2-3-15-30/h4-11,16H,2-3,12-15,18H2,1H3,(H,28,32). The lowest BCUT2D eigenvalue weighted by atomic mass is 9.95. The Kier molecular flexibility index (Phi) is 5.61. The third-order valence-corrected chi connectivity index (χ3v) is 6.71. The van der Waals surface area contributed by atoms with Gasteiger partial charge in [0.25, 0.3) is 5.91 Å². The van der Waals surface area contributed by atoms with Crippen molar-refractivity contribution in [2.45, 2.75) is 31.1 Å². The minimum absolute atomic E-state index is 0.184. The van der Waals surface area contributed by atoms with Crippen molar-refractivity contribution in [3.8, 4) is 17.5 Å². The predicted molar refractivity (Wildman–Crippen MR) is 126 cm³/mol. The summed E-state index contributed by atoms with van der Waals surface area (Å²) in [5.74, 6) is 0.390. The number of nitrogens with zero attached hydrogens (tertiary/aromatic N) is 4. The molecule has 2 aliphatic rings. The van der Waals surface area contributed by atoms with Crippen LogP contribution in [0.15, 0.2) is 54.6 Å². The Hall–Kier alpha value is -3.63. The molecule has 5 rings (SSSR count). The fourth-order valence-electron chi connectivity index (χ4n) is 4.68. The Morgan fingerprint density at radius 1 is 1.12 bits per heavy atom. The molecular formula is C26H27N5O2. The molecule has 0 unspecified atom stereocenters. The highest BCUT2D eigenvalue weighted by atomic mass is 16.5. The van der Waals surface area contributed by atoms with Gasteiger partial charge in [0.1, 0.15) is 17.5 Å². The van der Waals surface area contributed by atoms with Crippen LogP contribution < -0.4 is 10.1 Å². The molecule has 0 bridgehead atoms. The van der Waals surface area contributed by atoms with Crippen molar-refractivity contribution in [1.29, 1.82) is 5.26 Å². The van der Waals surface area contributed by atoms with Gasteiger partial charge in [-0.05, 0) is 80.7 Å². The van der Waals surface area contributed by atoms with Gasteiger partial charge in [-0.2, -0.15) is 10.4 Å². The fraction of sp³-hybridized carbons (Fsp3) is 0.346. The summed E-state index contributed by atoms with van der Waals surface area (Å²) in [5, 5.41) is 16.5. The molecule has 2 aromatic carbocycles. The van der Waals surface area contributed by atoms with Gasteiger partial charge in [-0.1, -0.05) is 12.1 Å². The third-order valence-electron chi connectivity index (χ3n) is 6.71. The molecule has 3 aromatic rings. The van der Waals surface area contributed by atoms with E-state index in [1.165, 1.54) is 55.1 Å². The number of carbonyl (C=O) groups excluding carboxylic acids is 1. The van der Waals surface area contributed by atoms with E-state index in [1.807, 2.05) is 18.2 Å². The summed E-state index contributed by atoms with van der Waals surface area (Å²) in [6.07, 6.45) is 5.07. The number of likely N-dealkylation sites (tertiary alicyclic amines) is 1. The number of ether oxygens (including phenoxy) is 1. The average molecular weight is 442 g/mol. The molecule has 33 heavy (non-hydrogen) atoms. The van der Waals surface area contributed by atoms with E-state index in [0.717, 1.165) is 12.2 Å². The van der Waals surface area contributed by atoms with E-state index < -0.39 is 0 Å². The number of aromatic nitrogens is 2. The first-order chi connectivity index (χ1) is 16.1. The lowest BCUT2D eigenvalue weighted by Crippen LogP contribution is -2.30. The lowest BCUT2D eigenvalue weighted by molar-refractivity contribution is 0.101. The number of hydrogen-bond acceptors (Lipinski definition) is 5. The van der Waals surface area contributed by atoms with Crippen molar-refractivity contribution in [3.05, 3.63) is 71.5 Å². The van der Waals surface area contributed by atoms with E-state index in [4.69, 9.17) is 4.74 Å². The van der Waals surface area contributed by atoms with Crippen molar-refractivity contribution in [3.63, 3.8) is 0 Å². The van der Waals surface area contributed by atoms with Crippen LogP contribution in [0.2, 0.25) is 0 Å². The van der Waals surface area contributed by atoms with Crippen molar-refractivity contribution < 1.29 is 9.53 Å². The van der Waals surface area contributed by atoms with Gasteiger partial charge in [0, 0.05) is 23.7 Å². The van der Waals surface area contributed by atoms with Crippen LogP contribution in [0.5, 0.6) is 5.75 Å². The molecule has 2 fully saturated rings. The van der Waals surface area contributed by atoms with E-state index in [-0.39, 0.29) is 17.0 Å². The molecule has 1 saturated carbocycles. The van der Waals surface area contributed by atoms with Crippen molar-refractivity contribution in [1.82, 2.24) is 14.7 Å². The van der Waals surface area contributed by atoms with Crippen molar-refractivity contribution in [2.24, 2.45) is 0 Å². The van der Waals surface area contributed by atoms with Gasteiger partial charge in [-0.15, -0.1) is 0 Å². The monoisotopic (exact) mass is 441 g/mol. The second-order valence-electron chi connectivity index (χ2n) is 8.93. The zero-order valence-corrected chi connectivity index (χ0v) is 18.8. The summed E-state index contributed by atoms with van der Waals surface area (Å²) in [7, 11) is 1.60. The topological polar surface area (TPSA) is 83.2 Å². The van der Waals surface area contributed by atoms with E-state index in [2.05, 4.69) is 27.4 Å². The first-order valence-corrected chi connectivity index (χ1v) is 11.4. The highest BCUT2D eigenvalue weighted by molar-refractivity contribution is 6.03. The summed E-state index contributed by atoms with van der Waals surface area (Å²) in [5.41, 5.74) is 3.51. The summed E-state index contributed by atoms with van der Waals surface area (Å²) >= 11 is 0. The Morgan fingerprint density at radius 2 is 1.82 bits per heavy atom. The molecule has 0 radical (unpaired) electrons. The van der Waals surface area contributed by atoms with Crippen LogP contribution in [-0.4, -0.2) is 47.3 Å². The average Bonchev–Trinajstić information content (AvgIpc) is 3.23. The zero-order chi connectivity index (χ0) is 22.8. The fourth-order valence-corrected chi connectivity index (χ4v) is 4.68. The van der Waals surface area contributed by atoms with Gasteiger partial charge in [0.2, 0.25) is 0 Å². The molecule has 0 atom stereocenters. The normalized spacial score (nSPS) is 16.8. The second kappa shape index (κ2) is 8.72. The van der Waals surface area contributed by atoms with Crippen LogP contribution in [0, 0.1) is 11.3 Å². The van der Waals surface area contributed by atoms with Crippen LogP contribution in [-0.2, 0) is 5.41 Å². The van der Waals surface area contributed by atoms with Crippen LogP contribution in [0.3, 0.4) is 0 Å². The summed E-state index contributed by atoms with van der Waals surface area (Å²) < 4.78 is 6.68. The summed E-state index contributed by atoms with van der Waals surface area (Å²) in [4.78, 5) is 15.7. The maximum absolute atomic E-state index is 13.1. The Balaban J connectivity index is 1.32. The largest absolute Gasteiger partial charge is 0.497 e. The Bertz CT molecular complexity index is 1180. The van der Waals surface area contributed by atoms with Crippen molar-refractivity contribution in [2.75, 3.05) is 32.1 Å². The molecule has 1 amide bonds. The number of hydrogen-bond donors (Lipinski definition) is 1. The summed E-state index contributed by atoms with van der Waals surface area (Å²) in [6.45, 7) is 3.56.